The average molecular weight is 464 g/mol. The number of likely N-dealkylation sites (N-methyl/N-ethyl adjacent to an activating group) is 1. The largest absolute Gasteiger partial charge is 0.507 e. The maximum Gasteiger partial charge on any atom is 0.133 e. The van der Waals surface area contributed by atoms with Gasteiger partial charge in [0.1, 0.15) is 22.2 Å². The molecule has 0 bridgehead atoms. The Hall–Kier alpha value is -2.94. The molecule has 0 unspecified atom stereocenters. The van der Waals surface area contributed by atoms with Crippen molar-refractivity contribution in [2.75, 3.05) is 33.2 Å². The van der Waals surface area contributed by atoms with Gasteiger partial charge >= 0.3 is 0 Å². The number of aromatic amines is 1. The van der Waals surface area contributed by atoms with Crippen molar-refractivity contribution in [2.24, 2.45) is 0 Å². The summed E-state index contributed by atoms with van der Waals surface area (Å²) in [5.74, 6) is 0.281. The summed E-state index contributed by atoms with van der Waals surface area (Å²) in [6, 6.07) is 9.93. The number of fused-ring (bicyclic) bond motifs is 1. The smallest absolute Gasteiger partial charge is 0.133 e. The van der Waals surface area contributed by atoms with Gasteiger partial charge in [-0.25, -0.2) is 4.98 Å². The van der Waals surface area contributed by atoms with E-state index in [-0.39, 0.29) is 11.5 Å². The van der Waals surface area contributed by atoms with Gasteiger partial charge in [-0.15, -0.1) is 11.3 Å². The first-order valence-corrected chi connectivity index (χ1v) is 12.2. The molecule has 2 aromatic heterocycles. The van der Waals surface area contributed by atoms with E-state index in [0.29, 0.717) is 29.8 Å². The molecule has 4 aromatic rings. The maximum absolute atomic E-state index is 11.4. The summed E-state index contributed by atoms with van der Waals surface area (Å²) in [6.45, 7) is 8.25. The number of hydrogen-bond acceptors (Lipinski definition) is 7. The van der Waals surface area contributed by atoms with Gasteiger partial charge in [-0.3, -0.25) is 10.00 Å². The first-order chi connectivity index (χ1) is 16.0. The van der Waals surface area contributed by atoms with Crippen LogP contribution in [0.5, 0.6) is 11.5 Å². The van der Waals surface area contributed by atoms with Crippen molar-refractivity contribution >= 4 is 21.6 Å². The second kappa shape index (κ2) is 8.78. The molecule has 8 heteroatoms. The van der Waals surface area contributed by atoms with E-state index < -0.39 is 0 Å². The van der Waals surface area contributed by atoms with E-state index in [2.05, 4.69) is 33.1 Å². The summed E-state index contributed by atoms with van der Waals surface area (Å²) in [4.78, 5) is 9.40. The predicted molar refractivity (Wildman–Crippen MR) is 133 cm³/mol. The molecule has 1 aliphatic rings. The predicted octanol–water partition coefficient (Wildman–Crippen LogP) is 4.38. The number of nitrogens with one attached hydrogen (secondary N) is 1. The zero-order valence-electron chi connectivity index (χ0n) is 19.2. The normalized spacial score (nSPS) is 15.5. The number of aromatic nitrogens is 3. The Bertz CT molecular complexity index is 1270. The van der Waals surface area contributed by atoms with Crippen LogP contribution < -0.4 is 0 Å². The number of benzene rings is 2. The fourth-order valence-corrected chi connectivity index (χ4v) is 5.54. The van der Waals surface area contributed by atoms with Gasteiger partial charge in [-0.05, 0) is 44.2 Å². The SMILES string of the molecule is CCc1cc(-c2n[nH]c(C)c2-c2nc3ccccc3s2)c(O)c(CN2CCN(C)CC2)c1O. The molecule has 172 valence electrons. The first-order valence-electron chi connectivity index (χ1n) is 11.3. The van der Waals surface area contributed by atoms with E-state index in [1.807, 2.05) is 38.1 Å². The molecule has 0 aliphatic carbocycles. The molecule has 5 rings (SSSR count). The lowest BCUT2D eigenvalue weighted by molar-refractivity contribution is 0.146. The number of rotatable bonds is 5. The van der Waals surface area contributed by atoms with Crippen molar-refractivity contribution in [2.45, 2.75) is 26.8 Å². The fraction of sp³-hybridized carbons (Fsp3) is 0.360. The Morgan fingerprint density at radius 2 is 1.85 bits per heavy atom. The van der Waals surface area contributed by atoms with Gasteiger partial charge in [0, 0.05) is 44.0 Å². The van der Waals surface area contributed by atoms with Crippen LogP contribution in [0.25, 0.3) is 32.0 Å². The van der Waals surface area contributed by atoms with Gasteiger partial charge in [-0.2, -0.15) is 5.10 Å². The lowest BCUT2D eigenvalue weighted by atomic mass is 9.96. The number of nitrogens with zero attached hydrogens (tertiary/aromatic N) is 4. The summed E-state index contributed by atoms with van der Waals surface area (Å²) in [5.41, 5.74) is 5.42. The molecular weight excluding hydrogens is 434 g/mol. The van der Waals surface area contributed by atoms with Crippen LogP contribution in [0, 0.1) is 6.92 Å². The van der Waals surface area contributed by atoms with Gasteiger partial charge in [0.05, 0.1) is 21.3 Å². The number of para-hydroxylation sites is 1. The molecule has 0 radical (unpaired) electrons. The van der Waals surface area contributed by atoms with Crippen molar-refractivity contribution in [1.82, 2.24) is 25.0 Å². The zero-order chi connectivity index (χ0) is 23.1. The number of phenols is 2. The monoisotopic (exact) mass is 463 g/mol. The number of aromatic hydroxyl groups is 2. The highest BCUT2D eigenvalue weighted by atomic mass is 32.1. The third-order valence-corrected chi connectivity index (χ3v) is 7.57. The summed E-state index contributed by atoms with van der Waals surface area (Å²) in [5, 5.41) is 30.9. The number of thiazole rings is 1. The maximum atomic E-state index is 11.4. The molecule has 1 aliphatic heterocycles. The van der Waals surface area contributed by atoms with Gasteiger partial charge < -0.3 is 15.1 Å². The van der Waals surface area contributed by atoms with Crippen LogP contribution in [0.15, 0.2) is 30.3 Å². The number of phenolic OH excluding ortho intramolecular Hbond substituents is 2. The Balaban J connectivity index is 1.61. The lowest BCUT2D eigenvalue weighted by Crippen LogP contribution is -2.43. The van der Waals surface area contributed by atoms with Crippen LogP contribution in [0.2, 0.25) is 0 Å². The van der Waals surface area contributed by atoms with E-state index in [1.165, 1.54) is 0 Å². The minimum absolute atomic E-state index is 0.0949. The molecule has 0 atom stereocenters. The van der Waals surface area contributed by atoms with Crippen LogP contribution in [0.4, 0.5) is 0 Å². The summed E-state index contributed by atoms with van der Waals surface area (Å²) in [6.07, 6.45) is 0.661. The molecule has 3 heterocycles. The third kappa shape index (κ3) is 3.99. The van der Waals surface area contributed by atoms with Crippen molar-refractivity contribution < 1.29 is 10.2 Å². The Morgan fingerprint density at radius 1 is 1.09 bits per heavy atom. The molecular formula is C25H29N5O2S. The summed E-state index contributed by atoms with van der Waals surface area (Å²) >= 11 is 1.61. The molecule has 1 saturated heterocycles. The molecule has 1 fully saturated rings. The highest BCUT2D eigenvalue weighted by molar-refractivity contribution is 7.21. The third-order valence-electron chi connectivity index (χ3n) is 6.52. The second-order valence-electron chi connectivity index (χ2n) is 8.75. The van der Waals surface area contributed by atoms with Gasteiger partial charge in [-0.1, -0.05) is 19.1 Å². The zero-order valence-corrected chi connectivity index (χ0v) is 20.0. The molecule has 7 nitrogen and oxygen atoms in total. The fourth-order valence-electron chi connectivity index (χ4n) is 4.47. The van der Waals surface area contributed by atoms with E-state index in [4.69, 9.17) is 4.98 Å². The summed E-state index contributed by atoms with van der Waals surface area (Å²) < 4.78 is 1.11. The molecule has 3 N–H and O–H groups in total. The van der Waals surface area contributed by atoms with E-state index in [9.17, 15) is 10.2 Å². The van der Waals surface area contributed by atoms with Gasteiger partial charge in [0.2, 0.25) is 0 Å². The van der Waals surface area contributed by atoms with Crippen LogP contribution in [0.1, 0.15) is 23.7 Å². The number of hydrogen-bond donors (Lipinski definition) is 3. The van der Waals surface area contributed by atoms with Crippen LogP contribution in [-0.2, 0) is 13.0 Å². The van der Waals surface area contributed by atoms with Gasteiger partial charge in [0.15, 0.2) is 0 Å². The van der Waals surface area contributed by atoms with Crippen LogP contribution in [-0.4, -0.2) is 68.4 Å². The Kier molecular flexibility index (Phi) is 5.82. The minimum Gasteiger partial charge on any atom is -0.507 e. The molecule has 2 aromatic carbocycles. The number of H-pyrrole nitrogens is 1. The van der Waals surface area contributed by atoms with Crippen molar-refractivity contribution in [3.05, 3.63) is 47.2 Å². The van der Waals surface area contributed by atoms with Crippen molar-refractivity contribution in [3.63, 3.8) is 0 Å². The number of aryl methyl sites for hydroxylation is 2. The first kappa shape index (κ1) is 21.9. The molecule has 33 heavy (non-hydrogen) atoms. The lowest BCUT2D eigenvalue weighted by Gasteiger charge is -2.32. The van der Waals surface area contributed by atoms with E-state index in [1.54, 1.807) is 11.3 Å². The number of piperazine rings is 1. The van der Waals surface area contributed by atoms with E-state index in [0.717, 1.165) is 58.2 Å². The topological polar surface area (TPSA) is 88.5 Å². The van der Waals surface area contributed by atoms with E-state index >= 15 is 0 Å². The average Bonchev–Trinajstić information content (AvgIpc) is 3.41. The highest BCUT2D eigenvalue weighted by Crippen LogP contribution is 2.45. The van der Waals surface area contributed by atoms with Gasteiger partial charge in [0.25, 0.3) is 0 Å². The molecule has 0 spiro atoms. The minimum atomic E-state index is 0.0949. The van der Waals surface area contributed by atoms with Crippen LogP contribution >= 0.6 is 11.3 Å². The van der Waals surface area contributed by atoms with Crippen molar-refractivity contribution in [3.8, 4) is 33.3 Å². The quantitative estimate of drug-likeness (QED) is 0.407. The standard InChI is InChI=1S/C25H29N5O2S/c1-4-16-13-17(24(32)18(23(16)31)14-30-11-9-29(3)10-12-30)22-21(15(2)27-28-22)25-26-19-7-5-6-8-20(19)33-25/h5-8,13,31-32H,4,9-12,14H2,1-3H3,(H,27,28). The highest BCUT2D eigenvalue weighted by Gasteiger charge is 2.26. The van der Waals surface area contributed by atoms with Crippen molar-refractivity contribution in [1.29, 1.82) is 0 Å². The summed E-state index contributed by atoms with van der Waals surface area (Å²) in [7, 11) is 2.12. The Labute approximate surface area is 197 Å². The van der Waals surface area contributed by atoms with Crippen LogP contribution in [0.3, 0.4) is 0 Å². The molecule has 0 amide bonds. The Morgan fingerprint density at radius 3 is 2.58 bits per heavy atom. The molecule has 0 saturated carbocycles. The second-order valence-corrected chi connectivity index (χ2v) is 9.78.